The van der Waals surface area contributed by atoms with E-state index in [2.05, 4.69) is 19.2 Å². The Morgan fingerprint density at radius 1 is 1.36 bits per heavy atom. The average Bonchev–Trinajstić information content (AvgIpc) is 2.11. The Labute approximate surface area is 92.2 Å². The predicted molar refractivity (Wildman–Crippen MR) is 60.4 cm³/mol. The Kier molecular flexibility index (Phi) is 6.12. The average molecular weight is 221 g/mol. The third-order valence-electron chi connectivity index (χ3n) is 3.06. The number of hydrogen-bond acceptors (Lipinski definition) is 2. The first-order chi connectivity index (χ1) is 6.15. The smallest absolute Gasteiger partial charge is 0.233 e. The molecule has 0 bridgehead atoms. The summed E-state index contributed by atoms with van der Waals surface area (Å²) < 4.78 is 0. The number of rotatable bonds is 2. The lowest BCUT2D eigenvalue weighted by Gasteiger charge is -2.35. The van der Waals surface area contributed by atoms with Crippen molar-refractivity contribution in [2.75, 3.05) is 6.54 Å². The Bertz CT molecular complexity index is 177. The quantitative estimate of drug-likeness (QED) is 0.738. The largest absolute Gasteiger partial charge is 0.352 e. The van der Waals surface area contributed by atoms with Crippen molar-refractivity contribution >= 4 is 18.3 Å². The van der Waals surface area contributed by atoms with Crippen LogP contribution in [0.4, 0.5) is 0 Å². The van der Waals surface area contributed by atoms with E-state index in [1.807, 2.05) is 0 Å². The minimum absolute atomic E-state index is 0. The molecule has 3 nitrogen and oxygen atoms in total. The summed E-state index contributed by atoms with van der Waals surface area (Å²) in [6, 6.07) is 0.338. The van der Waals surface area contributed by atoms with Crippen molar-refractivity contribution in [1.82, 2.24) is 5.32 Å². The van der Waals surface area contributed by atoms with E-state index in [0.29, 0.717) is 17.9 Å². The van der Waals surface area contributed by atoms with Crippen molar-refractivity contribution in [2.45, 2.75) is 39.2 Å². The summed E-state index contributed by atoms with van der Waals surface area (Å²) >= 11 is 0. The molecule has 0 radical (unpaired) electrons. The van der Waals surface area contributed by atoms with Gasteiger partial charge < -0.3 is 11.1 Å². The van der Waals surface area contributed by atoms with E-state index >= 15 is 0 Å². The number of nitrogens with two attached hydrogens (primary N) is 1. The van der Waals surface area contributed by atoms with Crippen molar-refractivity contribution in [3.8, 4) is 0 Å². The summed E-state index contributed by atoms with van der Waals surface area (Å²) in [6.07, 6.45) is 3.73. The van der Waals surface area contributed by atoms with E-state index in [0.717, 1.165) is 0 Å². The standard InChI is InChI=1S/C10H20N2O.ClH/c1-7-4-3-5-8(2)10(7)12-9(13)6-11;/h7-8,10H,3-6,11H2,1-2H3,(H,12,13);1H. The van der Waals surface area contributed by atoms with Crippen molar-refractivity contribution in [3.63, 3.8) is 0 Å². The summed E-state index contributed by atoms with van der Waals surface area (Å²) in [5.74, 6) is 1.17. The molecule has 3 N–H and O–H groups in total. The molecule has 1 saturated carbocycles. The van der Waals surface area contributed by atoms with E-state index in [4.69, 9.17) is 5.73 Å². The number of nitrogens with one attached hydrogen (secondary N) is 1. The summed E-state index contributed by atoms with van der Waals surface area (Å²) in [5, 5.41) is 3.00. The van der Waals surface area contributed by atoms with Crippen molar-refractivity contribution in [1.29, 1.82) is 0 Å². The molecule has 0 aromatic heterocycles. The third kappa shape index (κ3) is 3.46. The lowest BCUT2D eigenvalue weighted by molar-refractivity contribution is -0.121. The Hall–Kier alpha value is -0.280. The van der Waals surface area contributed by atoms with Crippen LogP contribution in [0.2, 0.25) is 0 Å². The molecule has 84 valence electrons. The molecule has 1 aliphatic carbocycles. The van der Waals surface area contributed by atoms with Crippen LogP contribution in [-0.4, -0.2) is 18.5 Å². The van der Waals surface area contributed by atoms with Gasteiger partial charge in [-0.05, 0) is 24.7 Å². The minimum atomic E-state index is -0.0226. The molecule has 0 aromatic carbocycles. The molecule has 1 aliphatic rings. The van der Waals surface area contributed by atoms with E-state index in [9.17, 15) is 4.79 Å². The third-order valence-corrected chi connectivity index (χ3v) is 3.06. The zero-order valence-corrected chi connectivity index (χ0v) is 9.77. The van der Waals surface area contributed by atoms with Gasteiger partial charge in [-0.2, -0.15) is 0 Å². The molecular formula is C10H21ClN2O. The lowest BCUT2D eigenvalue weighted by Crippen LogP contribution is -2.47. The topological polar surface area (TPSA) is 55.1 Å². The summed E-state index contributed by atoms with van der Waals surface area (Å²) in [7, 11) is 0. The SMILES string of the molecule is CC1CCCC(C)C1NC(=O)CN.Cl. The summed E-state index contributed by atoms with van der Waals surface area (Å²) in [5.41, 5.74) is 5.27. The number of carbonyl (C=O) groups is 1. The Morgan fingerprint density at radius 3 is 2.29 bits per heavy atom. The second-order valence-electron chi connectivity index (χ2n) is 4.18. The molecular weight excluding hydrogens is 200 g/mol. The minimum Gasteiger partial charge on any atom is -0.352 e. The van der Waals surface area contributed by atoms with Crippen molar-refractivity contribution < 1.29 is 4.79 Å². The molecule has 1 amide bonds. The monoisotopic (exact) mass is 220 g/mol. The number of amides is 1. The fourth-order valence-electron chi connectivity index (χ4n) is 2.21. The van der Waals surface area contributed by atoms with E-state index in [1.54, 1.807) is 0 Å². The number of hydrogen-bond donors (Lipinski definition) is 2. The maximum Gasteiger partial charge on any atom is 0.233 e. The highest BCUT2D eigenvalue weighted by molar-refractivity contribution is 5.85. The summed E-state index contributed by atoms with van der Waals surface area (Å²) in [6.45, 7) is 4.52. The molecule has 1 fully saturated rings. The van der Waals surface area contributed by atoms with Crippen LogP contribution in [0.5, 0.6) is 0 Å². The van der Waals surface area contributed by atoms with Gasteiger partial charge in [-0.1, -0.05) is 20.3 Å². The van der Waals surface area contributed by atoms with Gasteiger partial charge in [0.1, 0.15) is 0 Å². The van der Waals surface area contributed by atoms with Gasteiger partial charge in [-0.3, -0.25) is 4.79 Å². The van der Waals surface area contributed by atoms with E-state index in [1.165, 1.54) is 19.3 Å². The zero-order valence-electron chi connectivity index (χ0n) is 8.95. The molecule has 0 aromatic rings. The van der Waals surface area contributed by atoms with Crippen molar-refractivity contribution in [2.24, 2.45) is 17.6 Å². The number of carbonyl (C=O) groups excluding carboxylic acids is 1. The second-order valence-corrected chi connectivity index (χ2v) is 4.18. The molecule has 1 rings (SSSR count). The van der Waals surface area contributed by atoms with Crippen LogP contribution in [0.3, 0.4) is 0 Å². The normalized spacial score (nSPS) is 31.8. The maximum absolute atomic E-state index is 11.1. The van der Waals surface area contributed by atoms with Crippen LogP contribution < -0.4 is 11.1 Å². The van der Waals surface area contributed by atoms with Crippen LogP contribution >= 0.6 is 12.4 Å². The molecule has 0 heterocycles. The molecule has 0 saturated heterocycles. The van der Waals surface area contributed by atoms with Crippen LogP contribution in [0.25, 0.3) is 0 Å². The van der Waals surface area contributed by atoms with Gasteiger partial charge in [-0.25, -0.2) is 0 Å². The van der Waals surface area contributed by atoms with Crippen LogP contribution in [0, 0.1) is 11.8 Å². The molecule has 4 heteroatoms. The number of halogens is 1. The predicted octanol–water partition coefficient (Wildman–Crippen LogP) is 1.31. The van der Waals surface area contributed by atoms with E-state index in [-0.39, 0.29) is 24.9 Å². The molecule has 0 aliphatic heterocycles. The van der Waals surface area contributed by atoms with Gasteiger partial charge in [0.25, 0.3) is 0 Å². The van der Waals surface area contributed by atoms with Crippen LogP contribution in [0.15, 0.2) is 0 Å². The zero-order chi connectivity index (χ0) is 9.84. The fourth-order valence-corrected chi connectivity index (χ4v) is 2.21. The van der Waals surface area contributed by atoms with Gasteiger partial charge in [0, 0.05) is 6.04 Å². The first-order valence-corrected chi connectivity index (χ1v) is 5.14. The molecule has 0 spiro atoms. The first kappa shape index (κ1) is 13.7. The van der Waals surface area contributed by atoms with E-state index < -0.39 is 0 Å². The Balaban J connectivity index is 0.00000169. The molecule has 2 atom stereocenters. The van der Waals surface area contributed by atoms with Gasteiger partial charge in [-0.15, -0.1) is 12.4 Å². The van der Waals surface area contributed by atoms with Gasteiger partial charge in [0.05, 0.1) is 6.54 Å². The highest BCUT2D eigenvalue weighted by Crippen LogP contribution is 2.28. The second kappa shape index (κ2) is 6.25. The highest BCUT2D eigenvalue weighted by Gasteiger charge is 2.28. The fraction of sp³-hybridized carbons (Fsp3) is 0.900. The molecule has 2 unspecified atom stereocenters. The summed E-state index contributed by atoms with van der Waals surface area (Å²) in [4.78, 5) is 11.1. The lowest BCUT2D eigenvalue weighted by atomic mass is 9.79. The molecule has 14 heavy (non-hydrogen) atoms. The van der Waals surface area contributed by atoms with Gasteiger partial charge in [0.15, 0.2) is 0 Å². The maximum atomic E-state index is 11.1. The van der Waals surface area contributed by atoms with Gasteiger partial charge in [0.2, 0.25) is 5.91 Å². The van der Waals surface area contributed by atoms with Crippen LogP contribution in [0.1, 0.15) is 33.1 Å². The highest BCUT2D eigenvalue weighted by atomic mass is 35.5. The van der Waals surface area contributed by atoms with Crippen LogP contribution in [-0.2, 0) is 4.79 Å². The first-order valence-electron chi connectivity index (χ1n) is 5.14. The van der Waals surface area contributed by atoms with Crippen molar-refractivity contribution in [3.05, 3.63) is 0 Å². The Morgan fingerprint density at radius 2 is 1.86 bits per heavy atom. The van der Waals surface area contributed by atoms with Gasteiger partial charge >= 0.3 is 0 Å².